The van der Waals surface area contributed by atoms with Gasteiger partial charge in [0.05, 0.1) is 21.8 Å². The van der Waals surface area contributed by atoms with E-state index in [9.17, 15) is 19.2 Å². The second-order valence-electron chi connectivity index (χ2n) is 7.05. The Morgan fingerprint density at radius 1 is 1.00 bits per heavy atom. The monoisotopic (exact) mass is 449 g/mol. The van der Waals surface area contributed by atoms with Gasteiger partial charge in [0.2, 0.25) is 0 Å². The van der Waals surface area contributed by atoms with Crippen molar-refractivity contribution in [2.75, 3.05) is 11.1 Å². The number of anilines is 2. The molecule has 0 saturated carbocycles. The molecule has 1 unspecified atom stereocenters. The summed E-state index contributed by atoms with van der Waals surface area (Å²) in [7, 11) is 0. The van der Waals surface area contributed by atoms with Crippen LogP contribution in [0.1, 0.15) is 49.1 Å². The van der Waals surface area contributed by atoms with E-state index < -0.39 is 23.8 Å². The molecule has 0 aliphatic heterocycles. The highest BCUT2D eigenvalue weighted by Crippen LogP contribution is 2.33. The van der Waals surface area contributed by atoms with Gasteiger partial charge in [-0.3, -0.25) is 14.4 Å². The predicted molar refractivity (Wildman–Crippen MR) is 117 cm³/mol. The number of halogens is 1. The molecule has 0 saturated heterocycles. The second-order valence-corrected chi connectivity index (χ2v) is 7.49. The molecular weight excluding hydrogens is 434 g/mol. The Hall–Kier alpha value is -4.04. The summed E-state index contributed by atoms with van der Waals surface area (Å²) in [6, 6.07) is 12.1. The van der Waals surface area contributed by atoms with Gasteiger partial charge in [0.15, 0.2) is 17.7 Å². The third-order valence-corrected chi connectivity index (χ3v) is 5.21. The largest absolute Gasteiger partial charge is 0.449 e. The number of aromatic nitrogens is 1. The number of hydrogen-bond acceptors (Lipinski definition) is 7. The molecule has 160 valence electrons. The number of pyridine rings is 1. The van der Waals surface area contributed by atoms with Crippen molar-refractivity contribution in [3.63, 3.8) is 0 Å². The van der Waals surface area contributed by atoms with E-state index in [0.29, 0.717) is 5.02 Å². The van der Waals surface area contributed by atoms with Gasteiger partial charge < -0.3 is 15.8 Å². The van der Waals surface area contributed by atoms with Gasteiger partial charge in [-0.25, -0.2) is 9.78 Å². The van der Waals surface area contributed by atoms with Crippen LogP contribution in [0.4, 0.5) is 11.5 Å². The van der Waals surface area contributed by atoms with Crippen LogP contribution in [-0.2, 0) is 9.53 Å². The van der Waals surface area contributed by atoms with Gasteiger partial charge in [-0.05, 0) is 31.2 Å². The maximum absolute atomic E-state index is 12.9. The fraction of sp³-hybridized carbons (Fsp3) is 0.0870. The predicted octanol–water partition coefficient (Wildman–Crippen LogP) is 3.28. The summed E-state index contributed by atoms with van der Waals surface area (Å²) in [5.74, 6) is -2.11. The highest BCUT2D eigenvalue weighted by Gasteiger charge is 2.33. The smallest absolute Gasteiger partial charge is 0.341 e. The Morgan fingerprint density at radius 2 is 1.69 bits per heavy atom. The van der Waals surface area contributed by atoms with Crippen molar-refractivity contribution in [2.45, 2.75) is 13.0 Å². The number of amides is 1. The number of nitrogens with two attached hydrogens (primary N) is 1. The zero-order chi connectivity index (χ0) is 23.0. The minimum Gasteiger partial charge on any atom is -0.449 e. The van der Waals surface area contributed by atoms with Crippen molar-refractivity contribution in [3.8, 4) is 0 Å². The molecule has 0 fully saturated rings. The van der Waals surface area contributed by atoms with Crippen molar-refractivity contribution in [1.82, 2.24) is 4.98 Å². The molecule has 9 heteroatoms. The molecule has 3 N–H and O–H groups in total. The molecule has 1 atom stereocenters. The van der Waals surface area contributed by atoms with Crippen molar-refractivity contribution < 1.29 is 23.9 Å². The van der Waals surface area contributed by atoms with E-state index in [4.69, 9.17) is 22.1 Å². The molecule has 8 nitrogen and oxygen atoms in total. The summed E-state index contributed by atoms with van der Waals surface area (Å²) in [6.45, 7) is 1.38. The number of fused-ring (bicyclic) bond motifs is 2. The van der Waals surface area contributed by atoms with Crippen LogP contribution in [-0.4, -0.2) is 34.5 Å². The first kappa shape index (κ1) is 21.2. The average molecular weight is 450 g/mol. The number of hydrogen-bond donors (Lipinski definition) is 2. The van der Waals surface area contributed by atoms with Crippen LogP contribution >= 0.6 is 11.6 Å². The third kappa shape index (κ3) is 3.72. The van der Waals surface area contributed by atoms with Crippen molar-refractivity contribution in [3.05, 3.63) is 87.6 Å². The summed E-state index contributed by atoms with van der Waals surface area (Å²) in [5.41, 5.74) is 6.37. The van der Waals surface area contributed by atoms with Crippen LogP contribution in [0.2, 0.25) is 5.02 Å². The molecule has 0 bridgehead atoms. The van der Waals surface area contributed by atoms with Crippen molar-refractivity contribution >= 4 is 46.5 Å². The molecule has 3 aromatic rings. The van der Waals surface area contributed by atoms with Gasteiger partial charge in [-0.1, -0.05) is 35.9 Å². The first-order valence-corrected chi connectivity index (χ1v) is 9.90. The van der Waals surface area contributed by atoms with Gasteiger partial charge >= 0.3 is 5.97 Å². The maximum Gasteiger partial charge on any atom is 0.341 e. The fourth-order valence-electron chi connectivity index (χ4n) is 3.35. The number of ether oxygens (including phenoxy) is 1. The standard InChI is InChI=1S/C23H16ClN3O5/c1-11(22(30)27-17-9-6-12(24)10-26-17)32-23(31)16-8-7-15-18(19(16)25)21(29)14-5-3-2-4-13(14)20(15)28/h2-11H,25H2,1H3,(H,26,27,30). The van der Waals surface area contributed by atoms with E-state index in [2.05, 4.69) is 10.3 Å². The van der Waals surface area contributed by atoms with E-state index in [0.717, 1.165) is 0 Å². The van der Waals surface area contributed by atoms with Crippen LogP contribution in [0.3, 0.4) is 0 Å². The lowest BCUT2D eigenvalue weighted by atomic mass is 9.82. The Labute approximate surface area is 187 Å². The van der Waals surface area contributed by atoms with E-state index >= 15 is 0 Å². The molecule has 1 aliphatic rings. The number of rotatable bonds is 4. The van der Waals surface area contributed by atoms with Crippen LogP contribution in [0.25, 0.3) is 0 Å². The van der Waals surface area contributed by atoms with Gasteiger partial charge in [-0.2, -0.15) is 0 Å². The van der Waals surface area contributed by atoms with Gasteiger partial charge in [-0.15, -0.1) is 0 Å². The van der Waals surface area contributed by atoms with E-state index in [1.165, 1.54) is 37.4 Å². The van der Waals surface area contributed by atoms with Crippen LogP contribution in [0.15, 0.2) is 54.7 Å². The van der Waals surface area contributed by atoms with E-state index in [1.54, 1.807) is 24.3 Å². The Kier molecular flexibility index (Phi) is 5.46. The first-order valence-electron chi connectivity index (χ1n) is 9.52. The molecule has 1 heterocycles. The number of benzene rings is 2. The van der Waals surface area contributed by atoms with Gasteiger partial charge in [0.1, 0.15) is 5.82 Å². The number of carbonyl (C=O) groups excluding carboxylic acids is 4. The Bertz CT molecular complexity index is 1290. The summed E-state index contributed by atoms with van der Waals surface area (Å²) in [4.78, 5) is 54.6. The number of esters is 1. The molecule has 1 amide bonds. The van der Waals surface area contributed by atoms with E-state index in [1.807, 2.05) is 0 Å². The Morgan fingerprint density at radius 3 is 2.34 bits per heavy atom. The first-order chi connectivity index (χ1) is 15.3. The van der Waals surface area contributed by atoms with Crippen molar-refractivity contribution in [1.29, 1.82) is 0 Å². The molecular formula is C23H16ClN3O5. The van der Waals surface area contributed by atoms with Crippen LogP contribution in [0, 0.1) is 0 Å². The highest BCUT2D eigenvalue weighted by atomic mass is 35.5. The maximum atomic E-state index is 12.9. The fourth-order valence-corrected chi connectivity index (χ4v) is 3.46. The summed E-state index contributed by atoms with van der Waals surface area (Å²) in [6.07, 6.45) is 0.173. The normalized spacial score (nSPS) is 13.1. The lowest BCUT2D eigenvalue weighted by molar-refractivity contribution is -0.123. The molecule has 0 radical (unpaired) electrons. The number of nitrogens with one attached hydrogen (secondary N) is 1. The summed E-state index contributed by atoms with van der Waals surface area (Å²) < 4.78 is 5.22. The lowest BCUT2D eigenvalue weighted by Gasteiger charge is -2.20. The summed E-state index contributed by atoms with van der Waals surface area (Å²) in [5, 5.41) is 2.90. The molecule has 32 heavy (non-hydrogen) atoms. The number of nitrogens with zero attached hydrogens (tertiary/aromatic N) is 1. The van der Waals surface area contributed by atoms with Gasteiger partial charge in [0, 0.05) is 22.9 Å². The van der Waals surface area contributed by atoms with Crippen LogP contribution in [0.5, 0.6) is 0 Å². The van der Waals surface area contributed by atoms with Crippen molar-refractivity contribution in [2.24, 2.45) is 0 Å². The zero-order valence-electron chi connectivity index (χ0n) is 16.7. The minimum atomic E-state index is -1.19. The minimum absolute atomic E-state index is 0.0504. The zero-order valence-corrected chi connectivity index (χ0v) is 17.5. The lowest BCUT2D eigenvalue weighted by Crippen LogP contribution is -2.31. The molecule has 2 aromatic carbocycles. The van der Waals surface area contributed by atoms with E-state index in [-0.39, 0.29) is 45.1 Å². The topological polar surface area (TPSA) is 128 Å². The number of ketones is 2. The average Bonchev–Trinajstić information content (AvgIpc) is 2.78. The number of nitrogen functional groups attached to an aromatic ring is 1. The highest BCUT2D eigenvalue weighted by molar-refractivity contribution is 6.31. The SMILES string of the molecule is CC(OC(=O)c1ccc2c(c1N)C(=O)c1ccccc1C2=O)C(=O)Nc1ccc(Cl)cn1. The molecule has 1 aromatic heterocycles. The molecule has 1 aliphatic carbocycles. The quantitative estimate of drug-likeness (QED) is 0.361. The van der Waals surface area contributed by atoms with Gasteiger partial charge in [0.25, 0.3) is 5.91 Å². The summed E-state index contributed by atoms with van der Waals surface area (Å²) >= 11 is 5.76. The van der Waals surface area contributed by atoms with Crippen LogP contribution < -0.4 is 11.1 Å². The Balaban J connectivity index is 1.56. The second kappa shape index (κ2) is 8.24. The third-order valence-electron chi connectivity index (χ3n) is 4.99. The molecule has 4 rings (SSSR count). The molecule has 0 spiro atoms. The number of carbonyl (C=O) groups is 4.